The van der Waals surface area contributed by atoms with Gasteiger partial charge in [0.15, 0.2) is 0 Å². The molecular weight excluding hydrogens is 248 g/mol. The molecule has 0 radical (unpaired) electrons. The van der Waals surface area contributed by atoms with E-state index in [-0.39, 0.29) is 12.6 Å². The average molecular weight is 268 g/mol. The maximum absolute atomic E-state index is 11.9. The lowest BCUT2D eigenvalue weighted by Crippen LogP contribution is -2.44. The Hall–Kier alpha value is -2.05. The van der Waals surface area contributed by atoms with Crippen molar-refractivity contribution in [3.8, 4) is 0 Å². The van der Waals surface area contributed by atoms with E-state index in [0.717, 1.165) is 0 Å². The van der Waals surface area contributed by atoms with Crippen molar-refractivity contribution in [2.75, 3.05) is 19.6 Å². The fourth-order valence-electron chi connectivity index (χ4n) is 1.59. The SMILES string of the molecule is CCN(CC(C)C(=O)O)C(=O)NCCn1cccn1. The molecule has 1 unspecified atom stereocenters. The van der Waals surface area contributed by atoms with Crippen LogP contribution in [0.2, 0.25) is 0 Å². The van der Waals surface area contributed by atoms with E-state index in [2.05, 4.69) is 10.4 Å². The van der Waals surface area contributed by atoms with Crippen LogP contribution in [0.15, 0.2) is 18.5 Å². The van der Waals surface area contributed by atoms with Crippen LogP contribution in [0.3, 0.4) is 0 Å². The zero-order valence-corrected chi connectivity index (χ0v) is 11.2. The summed E-state index contributed by atoms with van der Waals surface area (Å²) in [6.07, 6.45) is 3.49. The number of rotatable bonds is 7. The van der Waals surface area contributed by atoms with E-state index in [0.29, 0.717) is 19.6 Å². The lowest BCUT2D eigenvalue weighted by Gasteiger charge is -2.23. The molecule has 0 aliphatic rings. The Labute approximate surface area is 112 Å². The molecule has 1 aromatic rings. The molecule has 0 aliphatic heterocycles. The third-order valence-electron chi connectivity index (χ3n) is 2.76. The van der Waals surface area contributed by atoms with Gasteiger partial charge in [0.25, 0.3) is 0 Å². The zero-order chi connectivity index (χ0) is 14.3. The summed E-state index contributed by atoms with van der Waals surface area (Å²) in [4.78, 5) is 24.1. The molecular formula is C12H20N4O3. The summed E-state index contributed by atoms with van der Waals surface area (Å²) in [5.41, 5.74) is 0. The first-order valence-corrected chi connectivity index (χ1v) is 6.27. The maximum atomic E-state index is 11.9. The highest BCUT2D eigenvalue weighted by molar-refractivity contribution is 5.75. The van der Waals surface area contributed by atoms with E-state index in [4.69, 9.17) is 5.11 Å². The first-order valence-electron chi connectivity index (χ1n) is 6.27. The van der Waals surface area contributed by atoms with E-state index < -0.39 is 11.9 Å². The van der Waals surface area contributed by atoms with E-state index >= 15 is 0 Å². The van der Waals surface area contributed by atoms with E-state index in [1.165, 1.54) is 4.90 Å². The summed E-state index contributed by atoms with van der Waals surface area (Å²) < 4.78 is 1.72. The third-order valence-corrected chi connectivity index (χ3v) is 2.76. The molecule has 7 nitrogen and oxygen atoms in total. The Balaban J connectivity index is 2.34. The van der Waals surface area contributed by atoms with Crippen LogP contribution >= 0.6 is 0 Å². The van der Waals surface area contributed by atoms with Gasteiger partial charge in [0.1, 0.15) is 0 Å². The van der Waals surface area contributed by atoms with Gasteiger partial charge in [0, 0.05) is 32.0 Å². The van der Waals surface area contributed by atoms with Crippen molar-refractivity contribution < 1.29 is 14.7 Å². The number of carboxylic acids is 1. The van der Waals surface area contributed by atoms with Crippen LogP contribution in [0, 0.1) is 5.92 Å². The molecule has 0 aromatic carbocycles. The van der Waals surface area contributed by atoms with Gasteiger partial charge >= 0.3 is 12.0 Å². The average Bonchev–Trinajstić information content (AvgIpc) is 2.88. The number of nitrogens with one attached hydrogen (secondary N) is 1. The molecule has 0 saturated heterocycles. The smallest absolute Gasteiger partial charge is 0.317 e. The van der Waals surface area contributed by atoms with Crippen LogP contribution in [-0.4, -0.2) is 51.4 Å². The van der Waals surface area contributed by atoms with Crippen LogP contribution in [-0.2, 0) is 11.3 Å². The van der Waals surface area contributed by atoms with Crippen LogP contribution in [0.5, 0.6) is 0 Å². The molecule has 1 heterocycles. The van der Waals surface area contributed by atoms with Gasteiger partial charge in [-0.05, 0) is 13.0 Å². The predicted molar refractivity (Wildman–Crippen MR) is 69.7 cm³/mol. The number of aliphatic carboxylic acids is 1. The van der Waals surface area contributed by atoms with Crippen molar-refractivity contribution >= 4 is 12.0 Å². The highest BCUT2D eigenvalue weighted by Gasteiger charge is 2.18. The van der Waals surface area contributed by atoms with Crippen LogP contribution in [0.25, 0.3) is 0 Å². The van der Waals surface area contributed by atoms with Crippen molar-refractivity contribution in [3.63, 3.8) is 0 Å². The Morgan fingerprint density at radius 2 is 2.26 bits per heavy atom. The molecule has 0 bridgehead atoms. The topological polar surface area (TPSA) is 87.5 Å². The normalized spacial score (nSPS) is 11.9. The number of amides is 2. The third kappa shape index (κ3) is 4.99. The standard InChI is InChI=1S/C12H20N4O3/c1-3-15(9-10(2)11(17)18)12(19)13-6-8-16-7-4-5-14-16/h4-5,7,10H,3,6,8-9H2,1-2H3,(H,13,19)(H,17,18). The summed E-state index contributed by atoms with van der Waals surface area (Å²) in [7, 11) is 0. The molecule has 0 fully saturated rings. The predicted octanol–water partition coefficient (Wildman–Crippen LogP) is 0.635. The Bertz CT molecular complexity index is 405. The summed E-state index contributed by atoms with van der Waals surface area (Å²) >= 11 is 0. The van der Waals surface area contributed by atoms with Gasteiger partial charge in [-0.15, -0.1) is 0 Å². The number of carbonyl (C=O) groups excluding carboxylic acids is 1. The van der Waals surface area contributed by atoms with Crippen LogP contribution in [0.4, 0.5) is 4.79 Å². The summed E-state index contributed by atoms with van der Waals surface area (Å²) in [6.45, 7) is 5.14. The maximum Gasteiger partial charge on any atom is 0.317 e. The molecule has 0 spiro atoms. The van der Waals surface area contributed by atoms with E-state index in [1.54, 1.807) is 17.8 Å². The first kappa shape index (κ1) is 15.0. The molecule has 1 atom stereocenters. The second-order valence-electron chi connectivity index (χ2n) is 4.28. The molecule has 106 valence electrons. The quantitative estimate of drug-likeness (QED) is 0.759. The molecule has 7 heteroatoms. The van der Waals surface area contributed by atoms with Crippen molar-refractivity contribution in [2.45, 2.75) is 20.4 Å². The fraction of sp³-hybridized carbons (Fsp3) is 0.583. The summed E-state index contributed by atoms with van der Waals surface area (Å²) in [5, 5.41) is 15.6. The van der Waals surface area contributed by atoms with Gasteiger partial charge in [-0.1, -0.05) is 6.92 Å². The first-order chi connectivity index (χ1) is 9.04. The lowest BCUT2D eigenvalue weighted by molar-refractivity contribution is -0.141. The molecule has 19 heavy (non-hydrogen) atoms. The number of hydrogen-bond donors (Lipinski definition) is 2. The van der Waals surface area contributed by atoms with Gasteiger partial charge in [-0.3, -0.25) is 9.48 Å². The van der Waals surface area contributed by atoms with Crippen molar-refractivity contribution in [2.24, 2.45) is 5.92 Å². The van der Waals surface area contributed by atoms with Gasteiger partial charge in [-0.25, -0.2) is 4.79 Å². The minimum Gasteiger partial charge on any atom is -0.481 e. The van der Waals surface area contributed by atoms with E-state index in [1.807, 2.05) is 19.2 Å². The summed E-state index contributed by atoms with van der Waals surface area (Å²) in [6, 6.07) is 1.57. The van der Waals surface area contributed by atoms with Crippen molar-refractivity contribution in [1.82, 2.24) is 20.0 Å². The Morgan fingerprint density at radius 1 is 1.53 bits per heavy atom. The van der Waals surface area contributed by atoms with E-state index in [9.17, 15) is 9.59 Å². The fourth-order valence-corrected chi connectivity index (χ4v) is 1.59. The lowest BCUT2D eigenvalue weighted by atomic mass is 10.2. The molecule has 0 aliphatic carbocycles. The largest absolute Gasteiger partial charge is 0.481 e. The van der Waals surface area contributed by atoms with Gasteiger partial charge in [0.2, 0.25) is 0 Å². The van der Waals surface area contributed by atoms with Gasteiger partial charge in [0.05, 0.1) is 12.5 Å². The number of aromatic nitrogens is 2. The molecule has 2 N–H and O–H groups in total. The molecule has 1 aromatic heterocycles. The molecule has 0 saturated carbocycles. The Kier molecular flexibility index (Phi) is 5.84. The second kappa shape index (κ2) is 7.40. The number of nitrogens with zero attached hydrogens (tertiary/aromatic N) is 3. The molecule has 2 amide bonds. The number of urea groups is 1. The van der Waals surface area contributed by atoms with Crippen LogP contribution in [0.1, 0.15) is 13.8 Å². The molecule has 1 rings (SSSR count). The number of hydrogen-bond acceptors (Lipinski definition) is 3. The minimum atomic E-state index is -0.900. The van der Waals surface area contributed by atoms with Crippen molar-refractivity contribution in [1.29, 1.82) is 0 Å². The van der Waals surface area contributed by atoms with Crippen molar-refractivity contribution in [3.05, 3.63) is 18.5 Å². The monoisotopic (exact) mass is 268 g/mol. The van der Waals surface area contributed by atoms with Gasteiger partial charge < -0.3 is 15.3 Å². The van der Waals surface area contributed by atoms with Gasteiger partial charge in [-0.2, -0.15) is 5.10 Å². The second-order valence-corrected chi connectivity index (χ2v) is 4.28. The Morgan fingerprint density at radius 3 is 2.79 bits per heavy atom. The minimum absolute atomic E-state index is 0.208. The van der Waals surface area contributed by atoms with Crippen LogP contribution < -0.4 is 5.32 Å². The summed E-state index contributed by atoms with van der Waals surface area (Å²) in [5.74, 6) is -1.47. The highest BCUT2D eigenvalue weighted by atomic mass is 16.4. The zero-order valence-electron chi connectivity index (χ0n) is 11.2. The number of carbonyl (C=O) groups is 2. The highest BCUT2D eigenvalue weighted by Crippen LogP contribution is 2.00. The number of carboxylic acid groups (broad SMARTS) is 1.